The first-order valence-electron chi connectivity index (χ1n) is 6.38. The first-order valence-corrected chi connectivity index (χ1v) is 6.38. The van der Waals surface area contributed by atoms with Crippen LogP contribution in [-0.2, 0) is 0 Å². The van der Waals surface area contributed by atoms with Crippen molar-refractivity contribution in [2.45, 2.75) is 40.2 Å². The average Bonchev–Trinajstić information content (AvgIpc) is 2.28. The van der Waals surface area contributed by atoms with Crippen LogP contribution in [0.4, 0.5) is 8.78 Å². The zero-order valence-corrected chi connectivity index (χ0v) is 11.8. The fourth-order valence-electron chi connectivity index (χ4n) is 1.86. The Kier molecular flexibility index (Phi) is 4.85. The van der Waals surface area contributed by atoms with Crippen molar-refractivity contribution in [3.63, 3.8) is 0 Å². The molecule has 0 fully saturated rings. The monoisotopic (exact) mass is 255 g/mol. The number of halogens is 2. The van der Waals surface area contributed by atoms with E-state index in [2.05, 4.69) is 33.0 Å². The van der Waals surface area contributed by atoms with Gasteiger partial charge < -0.3 is 5.32 Å². The summed E-state index contributed by atoms with van der Waals surface area (Å²) in [5.74, 6) is -1.10. The van der Waals surface area contributed by atoms with Gasteiger partial charge in [0, 0.05) is 6.04 Å². The topological polar surface area (TPSA) is 12.0 Å². The maximum atomic E-state index is 13.2. The van der Waals surface area contributed by atoms with Gasteiger partial charge in [0.2, 0.25) is 0 Å². The van der Waals surface area contributed by atoms with Gasteiger partial charge in [0.25, 0.3) is 0 Å². The molecule has 18 heavy (non-hydrogen) atoms. The van der Waals surface area contributed by atoms with Gasteiger partial charge in [-0.05, 0) is 42.5 Å². The van der Waals surface area contributed by atoms with Gasteiger partial charge in [0.15, 0.2) is 11.6 Å². The Bertz CT molecular complexity index is 396. The van der Waals surface area contributed by atoms with Crippen LogP contribution in [0.2, 0.25) is 0 Å². The number of nitrogens with one attached hydrogen (secondary N) is 1. The molecule has 0 aromatic heterocycles. The highest BCUT2D eigenvalue weighted by Gasteiger charge is 2.24. The van der Waals surface area contributed by atoms with Crippen molar-refractivity contribution in [1.82, 2.24) is 5.32 Å². The van der Waals surface area contributed by atoms with Crippen LogP contribution in [-0.4, -0.2) is 7.05 Å². The van der Waals surface area contributed by atoms with Crippen LogP contribution in [0.25, 0.3) is 0 Å². The molecule has 0 heterocycles. The summed E-state index contributed by atoms with van der Waals surface area (Å²) in [5.41, 5.74) is 1.00. The molecule has 0 radical (unpaired) electrons. The summed E-state index contributed by atoms with van der Waals surface area (Å²) in [4.78, 5) is 0. The lowest BCUT2D eigenvalue weighted by Crippen LogP contribution is -2.25. The third kappa shape index (κ3) is 3.77. The summed E-state index contributed by atoms with van der Waals surface area (Å²) < 4.78 is 26.2. The van der Waals surface area contributed by atoms with E-state index >= 15 is 0 Å². The van der Waals surface area contributed by atoms with E-state index in [0.29, 0.717) is 5.92 Å². The first-order chi connectivity index (χ1) is 8.25. The van der Waals surface area contributed by atoms with Crippen LogP contribution in [0.15, 0.2) is 18.2 Å². The minimum atomic E-state index is -0.794. The third-order valence-corrected chi connectivity index (χ3v) is 3.76. The first kappa shape index (κ1) is 15.1. The lowest BCUT2D eigenvalue weighted by Gasteiger charge is -2.31. The smallest absolute Gasteiger partial charge is 0.159 e. The maximum Gasteiger partial charge on any atom is 0.159 e. The molecule has 2 atom stereocenters. The van der Waals surface area contributed by atoms with E-state index in [1.54, 1.807) is 6.07 Å². The molecule has 0 aliphatic carbocycles. The number of hydrogen-bond donors (Lipinski definition) is 1. The Morgan fingerprint density at radius 2 is 1.78 bits per heavy atom. The van der Waals surface area contributed by atoms with E-state index in [-0.39, 0.29) is 11.5 Å². The molecule has 1 rings (SSSR count). The Labute approximate surface area is 109 Å². The van der Waals surface area contributed by atoms with Crippen molar-refractivity contribution in [1.29, 1.82) is 0 Å². The highest BCUT2D eigenvalue weighted by molar-refractivity contribution is 5.21. The van der Waals surface area contributed by atoms with E-state index < -0.39 is 11.6 Å². The number of rotatable bonds is 4. The molecule has 1 nitrogen and oxygen atoms in total. The number of benzene rings is 1. The van der Waals surface area contributed by atoms with Crippen molar-refractivity contribution in [2.75, 3.05) is 7.05 Å². The lowest BCUT2D eigenvalue weighted by atomic mass is 9.77. The summed E-state index contributed by atoms with van der Waals surface area (Å²) in [5, 5.41) is 3.18. The van der Waals surface area contributed by atoms with Gasteiger partial charge >= 0.3 is 0 Å². The standard InChI is InChI=1S/C15H23F2N/c1-10(15(2,3)4)8-14(18-5)11-6-7-12(16)13(17)9-11/h6-7,9-10,14,18H,8H2,1-5H3. The summed E-state index contributed by atoms with van der Waals surface area (Å²) in [6, 6.07) is 4.17. The molecule has 0 saturated carbocycles. The molecule has 0 aliphatic rings. The van der Waals surface area contributed by atoms with Crippen LogP contribution in [0.1, 0.15) is 45.7 Å². The van der Waals surface area contributed by atoms with Gasteiger partial charge in [-0.1, -0.05) is 33.8 Å². The molecule has 1 N–H and O–H groups in total. The van der Waals surface area contributed by atoms with Gasteiger partial charge in [0.1, 0.15) is 0 Å². The van der Waals surface area contributed by atoms with Gasteiger partial charge in [0.05, 0.1) is 0 Å². The van der Waals surface area contributed by atoms with E-state index in [4.69, 9.17) is 0 Å². The summed E-state index contributed by atoms with van der Waals surface area (Å²) in [6.07, 6.45) is 0.894. The van der Waals surface area contributed by atoms with Gasteiger partial charge in [-0.25, -0.2) is 8.78 Å². The van der Waals surface area contributed by atoms with Crippen molar-refractivity contribution in [3.05, 3.63) is 35.4 Å². The molecule has 3 heteroatoms. The average molecular weight is 255 g/mol. The van der Waals surface area contributed by atoms with Crippen molar-refractivity contribution in [2.24, 2.45) is 11.3 Å². The van der Waals surface area contributed by atoms with Crippen molar-refractivity contribution < 1.29 is 8.78 Å². The highest BCUT2D eigenvalue weighted by Crippen LogP contribution is 2.33. The van der Waals surface area contributed by atoms with Crippen LogP contribution in [0.3, 0.4) is 0 Å². The van der Waals surface area contributed by atoms with Crippen LogP contribution in [0.5, 0.6) is 0 Å². The molecular weight excluding hydrogens is 232 g/mol. The van der Waals surface area contributed by atoms with Crippen molar-refractivity contribution in [3.8, 4) is 0 Å². The minimum absolute atomic E-state index is 0.0503. The van der Waals surface area contributed by atoms with Crippen molar-refractivity contribution >= 4 is 0 Å². The quantitative estimate of drug-likeness (QED) is 0.846. The van der Waals surface area contributed by atoms with Crippen LogP contribution < -0.4 is 5.32 Å². The Balaban J connectivity index is 2.86. The van der Waals surface area contributed by atoms with Gasteiger partial charge in [-0.2, -0.15) is 0 Å². The molecule has 0 saturated heterocycles. The molecule has 1 aromatic rings. The molecule has 102 valence electrons. The van der Waals surface area contributed by atoms with Crippen LogP contribution in [0, 0.1) is 23.0 Å². The fraction of sp³-hybridized carbons (Fsp3) is 0.600. The number of hydrogen-bond acceptors (Lipinski definition) is 1. The summed E-state index contributed by atoms with van der Waals surface area (Å²) in [6.45, 7) is 8.76. The second kappa shape index (κ2) is 5.79. The molecule has 2 unspecified atom stereocenters. The second-order valence-corrected chi connectivity index (χ2v) is 6.02. The van der Waals surface area contributed by atoms with Crippen LogP contribution >= 0.6 is 0 Å². The Morgan fingerprint density at radius 3 is 2.22 bits per heavy atom. The van der Waals surface area contributed by atoms with E-state index in [1.807, 2.05) is 7.05 Å². The zero-order chi connectivity index (χ0) is 13.9. The van der Waals surface area contributed by atoms with E-state index in [9.17, 15) is 8.78 Å². The predicted octanol–water partition coefficient (Wildman–Crippen LogP) is 4.30. The summed E-state index contributed by atoms with van der Waals surface area (Å²) in [7, 11) is 1.85. The molecule has 0 bridgehead atoms. The predicted molar refractivity (Wildman–Crippen MR) is 71.4 cm³/mol. The Morgan fingerprint density at radius 1 is 1.17 bits per heavy atom. The fourth-order valence-corrected chi connectivity index (χ4v) is 1.86. The zero-order valence-electron chi connectivity index (χ0n) is 11.8. The second-order valence-electron chi connectivity index (χ2n) is 6.02. The SMILES string of the molecule is CNC(CC(C)C(C)(C)C)c1ccc(F)c(F)c1. The Hall–Kier alpha value is -0.960. The lowest BCUT2D eigenvalue weighted by molar-refractivity contribution is 0.226. The van der Waals surface area contributed by atoms with E-state index in [0.717, 1.165) is 12.0 Å². The minimum Gasteiger partial charge on any atom is -0.313 e. The van der Waals surface area contributed by atoms with Gasteiger partial charge in [-0.15, -0.1) is 0 Å². The van der Waals surface area contributed by atoms with E-state index in [1.165, 1.54) is 12.1 Å². The summed E-state index contributed by atoms with van der Waals surface area (Å²) >= 11 is 0. The normalized spacial score (nSPS) is 15.5. The maximum absolute atomic E-state index is 13.2. The molecule has 0 spiro atoms. The molecule has 1 aromatic carbocycles. The molecule has 0 aliphatic heterocycles. The molecular formula is C15H23F2N. The largest absolute Gasteiger partial charge is 0.313 e. The third-order valence-electron chi connectivity index (χ3n) is 3.76. The van der Waals surface area contributed by atoms with Gasteiger partial charge in [-0.3, -0.25) is 0 Å². The highest BCUT2D eigenvalue weighted by atomic mass is 19.2. The molecule has 0 amide bonds.